The molecule has 0 saturated heterocycles. The van der Waals surface area contributed by atoms with Gasteiger partial charge in [0.2, 0.25) is 0 Å². The van der Waals surface area contributed by atoms with Crippen molar-refractivity contribution in [2.75, 3.05) is 12.4 Å². The van der Waals surface area contributed by atoms with Gasteiger partial charge in [-0.15, -0.1) is 0 Å². The number of halogens is 1. The van der Waals surface area contributed by atoms with Crippen molar-refractivity contribution in [2.45, 2.75) is 38.6 Å². The Kier molecular flexibility index (Phi) is 3.87. The molecular formula is C14H20FNO. The van der Waals surface area contributed by atoms with Crippen molar-refractivity contribution in [3.63, 3.8) is 0 Å². The van der Waals surface area contributed by atoms with Gasteiger partial charge < -0.3 is 10.1 Å². The Morgan fingerprint density at radius 1 is 1.29 bits per heavy atom. The summed E-state index contributed by atoms with van der Waals surface area (Å²) in [5.41, 5.74) is 0.946. The fourth-order valence-corrected chi connectivity index (χ4v) is 2.49. The van der Waals surface area contributed by atoms with E-state index in [1.54, 1.807) is 12.1 Å². The van der Waals surface area contributed by atoms with E-state index in [0.717, 1.165) is 5.69 Å². The lowest BCUT2D eigenvalue weighted by atomic mass is 9.86. The quantitative estimate of drug-likeness (QED) is 0.862. The maximum atomic E-state index is 13.3. The summed E-state index contributed by atoms with van der Waals surface area (Å²) in [5, 5.41) is 3.49. The minimum absolute atomic E-state index is 0.304. The Labute approximate surface area is 102 Å². The van der Waals surface area contributed by atoms with Gasteiger partial charge in [0.1, 0.15) is 0 Å². The third-order valence-electron chi connectivity index (χ3n) is 3.61. The molecule has 2 atom stereocenters. The van der Waals surface area contributed by atoms with Crippen molar-refractivity contribution in [2.24, 2.45) is 5.92 Å². The summed E-state index contributed by atoms with van der Waals surface area (Å²) in [6, 6.07) is 5.46. The van der Waals surface area contributed by atoms with Crippen LogP contribution < -0.4 is 10.1 Å². The van der Waals surface area contributed by atoms with Crippen molar-refractivity contribution in [1.29, 1.82) is 0 Å². The van der Waals surface area contributed by atoms with E-state index in [4.69, 9.17) is 4.74 Å². The maximum Gasteiger partial charge on any atom is 0.165 e. The first kappa shape index (κ1) is 12.2. The van der Waals surface area contributed by atoms with Crippen LogP contribution in [0, 0.1) is 11.7 Å². The van der Waals surface area contributed by atoms with Crippen LogP contribution in [-0.2, 0) is 0 Å². The largest absolute Gasteiger partial charge is 0.494 e. The van der Waals surface area contributed by atoms with Crippen LogP contribution in [0.15, 0.2) is 18.2 Å². The van der Waals surface area contributed by atoms with Gasteiger partial charge >= 0.3 is 0 Å². The Morgan fingerprint density at radius 3 is 2.76 bits per heavy atom. The van der Waals surface area contributed by atoms with Crippen LogP contribution in [0.3, 0.4) is 0 Å². The first-order valence-electron chi connectivity index (χ1n) is 6.31. The van der Waals surface area contributed by atoms with E-state index >= 15 is 0 Å². The Morgan fingerprint density at radius 2 is 2.06 bits per heavy atom. The van der Waals surface area contributed by atoms with Crippen molar-refractivity contribution in [3.8, 4) is 5.75 Å². The van der Waals surface area contributed by atoms with Crippen LogP contribution in [0.25, 0.3) is 0 Å². The maximum absolute atomic E-state index is 13.3. The molecule has 1 fully saturated rings. The fraction of sp³-hybridized carbons (Fsp3) is 0.571. The number of rotatable bonds is 3. The van der Waals surface area contributed by atoms with Gasteiger partial charge in [0.15, 0.2) is 11.6 Å². The number of benzene rings is 1. The zero-order valence-electron chi connectivity index (χ0n) is 10.5. The number of methoxy groups -OCH3 is 1. The topological polar surface area (TPSA) is 21.3 Å². The normalized spacial score (nSPS) is 24.4. The number of anilines is 1. The highest BCUT2D eigenvalue weighted by atomic mass is 19.1. The molecule has 0 radical (unpaired) electrons. The molecule has 17 heavy (non-hydrogen) atoms. The summed E-state index contributed by atoms with van der Waals surface area (Å²) in [7, 11) is 1.49. The molecule has 1 aromatic rings. The molecule has 0 heterocycles. The lowest BCUT2D eigenvalue weighted by Gasteiger charge is -2.30. The zero-order chi connectivity index (χ0) is 12.3. The van der Waals surface area contributed by atoms with Crippen LogP contribution in [0.5, 0.6) is 5.75 Å². The highest BCUT2D eigenvalue weighted by Gasteiger charge is 2.21. The minimum atomic E-state index is -0.310. The zero-order valence-corrected chi connectivity index (χ0v) is 10.5. The van der Waals surface area contributed by atoms with Crippen molar-refractivity contribution in [1.82, 2.24) is 0 Å². The van der Waals surface area contributed by atoms with Gasteiger partial charge in [0.05, 0.1) is 7.11 Å². The van der Waals surface area contributed by atoms with Crippen LogP contribution in [0.2, 0.25) is 0 Å². The molecule has 1 aliphatic carbocycles. The van der Waals surface area contributed by atoms with Gasteiger partial charge in [0, 0.05) is 17.8 Å². The Balaban J connectivity index is 2.07. The molecule has 1 N–H and O–H groups in total. The second kappa shape index (κ2) is 5.39. The van der Waals surface area contributed by atoms with Gasteiger partial charge in [-0.3, -0.25) is 0 Å². The molecule has 2 rings (SSSR count). The molecule has 94 valence electrons. The predicted octanol–water partition coefficient (Wildman–Crippen LogP) is 3.82. The van der Waals surface area contributed by atoms with Crippen LogP contribution in [-0.4, -0.2) is 13.2 Å². The Bertz CT molecular complexity index is 380. The lowest BCUT2D eigenvalue weighted by Crippen LogP contribution is -2.30. The third kappa shape index (κ3) is 2.90. The summed E-state index contributed by atoms with van der Waals surface area (Å²) in [5.74, 6) is 0.674. The van der Waals surface area contributed by atoms with E-state index in [1.165, 1.54) is 38.9 Å². The van der Waals surface area contributed by atoms with Gasteiger partial charge in [-0.25, -0.2) is 4.39 Å². The number of nitrogens with one attached hydrogen (secondary N) is 1. The monoisotopic (exact) mass is 237 g/mol. The van der Waals surface area contributed by atoms with Gasteiger partial charge in [-0.2, -0.15) is 0 Å². The molecule has 1 aliphatic rings. The molecule has 0 bridgehead atoms. The Hall–Kier alpha value is -1.25. The summed E-state index contributed by atoms with van der Waals surface area (Å²) in [4.78, 5) is 0. The summed E-state index contributed by atoms with van der Waals surface area (Å²) >= 11 is 0. The molecular weight excluding hydrogens is 217 g/mol. The second-order valence-corrected chi connectivity index (χ2v) is 4.86. The molecule has 0 aromatic heterocycles. The van der Waals surface area contributed by atoms with E-state index in [-0.39, 0.29) is 5.82 Å². The molecule has 1 aromatic carbocycles. The number of hydrogen-bond acceptors (Lipinski definition) is 2. The summed E-state index contributed by atoms with van der Waals surface area (Å²) < 4.78 is 18.3. The average molecular weight is 237 g/mol. The molecule has 2 nitrogen and oxygen atoms in total. The number of ether oxygens (including phenoxy) is 1. The van der Waals surface area contributed by atoms with E-state index in [2.05, 4.69) is 12.2 Å². The van der Waals surface area contributed by atoms with Crippen LogP contribution in [0.1, 0.15) is 32.6 Å². The van der Waals surface area contributed by atoms with Crippen molar-refractivity contribution < 1.29 is 9.13 Å². The first-order valence-corrected chi connectivity index (χ1v) is 6.31. The first-order chi connectivity index (χ1) is 8.20. The third-order valence-corrected chi connectivity index (χ3v) is 3.61. The van der Waals surface area contributed by atoms with Gasteiger partial charge in [-0.1, -0.05) is 19.8 Å². The highest BCUT2D eigenvalue weighted by Crippen LogP contribution is 2.28. The van der Waals surface area contributed by atoms with Gasteiger partial charge in [0.25, 0.3) is 0 Å². The van der Waals surface area contributed by atoms with Crippen LogP contribution in [0.4, 0.5) is 10.1 Å². The fourth-order valence-electron chi connectivity index (χ4n) is 2.49. The molecule has 0 spiro atoms. The summed E-state index contributed by atoms with van der Waals surface area (Å²) in [6.45, 7) is 2.28. The summed E-state index contributed by atoms with van der Waals surface area (Å²) in [6.07, 6.45) is 5.07. The van der Waals surface area contributed by atoms with Gasteiger partial charge in [-0.05, 0) is 30.9 Å². The van der Waals surface area contributed by atoms with E-state index in [1.807, 2.05) is 0 Å². The molecule has 0 amide bonds. The lowest BCUT2D eigenvalue weighted by molar-refractivity contribution is 0.349. The second-order valence-electron chi connectivity index (χ2n) is 4.86. The molecule has 2 unspecified atom stereocenters. The van der Waals surface area contributed by atoms with Crippen molar-refractivity contribution >= 4 is 5.69 Å². The number of hydrogen-bond donors (Lipinski definition) is 1. The van der Waals surface area contributed by atoms with E-state index in [9.17, 15) is 4.39 Å². The highest BCUT2D eigenvalue weighted by molar-refractivity contribution is 5.49. The van der Waals surface area contributed by atoms with Crippen molar-refractivity contribution in [3.05, 3.63) is 24.0 Å². The molecule has 3 heteroatoms. The predicted molar refractivity (Wildman–Crippen MR) is 68.0 cm³/mol. The SMILES string of the molecule is COc1cc(NC2CCCCC2C)ccc1F. The average Bonchev–Trinajstić information content (AvgIpc) is 2.34. The van der Waals surface area contributed by atoms with E-state index in [0.29, 0.717) is 17.7 Å². The smallest absolute Gasteiger partial charge is 0.165 e. The molecule has 1 saturated carbocycles. The minimum Gasteiger partial charge on any atom is -0.494 e. The molecule has 0 aliphatic heterocycles. The van der Waals surface area contributed by atoms with Crippen LogP contribution >= 0.6 is 0 Å². The van der Waals surface area contributed by atoms with E-state index < -0.39 is 0 Å². The standard InChI is InChI=1S/C14H20FNO/c1-10-5-3-4-6-13(10)16-11-7-8-12(15)14(9-11)17-2/h7-10,13,16H,3-6H2,1-2H3.